The van der Waals surface area contributed by atoms with Gasteiger partial charge in [-0.2, -0.15) is 9.79 Å². The van der Waals surface area contributed by atoms with Gasteiger partial charge in [-0.05, 0) is 55.0 Å². The van der Waals surface area contributed by atoms with Crippen LogP contribution in [-0.2, 0) is 12.8 Å². The zero-order valence-corrected chi connectivity index (χ0v) is 14.1. The van der Waals surface area contributed by atoms with Crippen LogP contribution in [0.3, 0.4) is 0 Å². The Kier molecular flexibility index (Phi) is 4.04. The molecule has 0 atom stereocenters. The first kappa shape index (κ1) is 15.6. The molecule has 2 aromatic rings. The van der Waals surface area contributed by atoms with Gasteiger partial charge in [-0.15, -0.1) is 0 Å². The first-order chi connectivity index (χ1) is 11.6. The molecule has 2 aliphatic rings. The number of aromatic nitrogens is 1. The highest BCUT2D eigenvalue weighted by Gasteiger charge is 2.29. The maximum absolute atomic E-state index is 12.6. The number of nitrogens with zero attached hydrogens (tertiary/aromatic N) is 2. The Morgan fingerprint density at radius 1 is 1.04 bits per heavy atom. The Morgan fingerprint density at radius 2 is 1.79 bits per heavy atom. The summed E-state index contributed by atoms with van der Waals surface area (Å²) in [4.78, 5) is 0. The number of halogens is 1. The van der Waals surface area contributed by atoms with Crippen molar-refractivity contribution in [3.8, 4) is 0 Å². The van der Waals surface area contributed by atoms with E-state index in [4.69, 9.17) is 11.6 Å². The zero-order valence-electron chi connectivity index (χ0n) is 13.3. The van der Waals surface area contributed by atoms with Crippen LogP contribution in [0.25, 0.3) is 5.57 Å². The van der Waals surface area contributed by atoms with E-state index in [-0.39, 0.29) is 0 Å². The van der Waals surface area contributed by atoms with Crippen LogP contribution in [0.2, 0.25) is 5.02 Å². The molecule has 1 N–H and O–H groups in total. The molecule has 0 amide bonds. The molecule has 124 valence electrons. The number of hydroxylamine groups is 2. The maximum atomic E-state index is 12.6. The molecule has 1 aliphatic carbocycles. The van der Waals surface area contributed by atoms with Gasteiger partial charge in [0.2, 0.25) is 5.69 Å². The predicted molar refractivity (Wildman–Crippen MR) is 92.9 cm³/mol. The van der Waals surface area contributed by atoms with Crippen molar-refractivity contribution < 1.29 is 9.94 Å². The van der Waals surface area contributed by atoms with Crippen molar-refractivity contribution in [1.82, 2.24) is 5.06 Å². The number of hydrogen-bond acceptors (Lipinski definition) is 3. The molecular weight excluding hydrogens is 324 g/mol. The van der Waals surface area contributed by atoms with Gasteiger partial charge < -0.3 is 10.4 Å². The fourth-order valence-corrected chi connectivity index (χ4v) is 3.98. The minimum absolute atomic E-state index is 0.600. The second-order valence-corrected chi connectivity index (χ2v) is 6.88. The molecule has 4 nitrogen and oxygen atoms in total. The predicted octanol–water partition coefficient (Wildman–Crippen LogP) is 3.36. The lowest BCUT2D eigenvalue weighted by molar-refractivity contribution is -0.608. The van der Waals surface area contributed by atoms with E-state index in [0.29, 0.717) is 13.1 Å². The summed E-state index contributed by atoms with van der Waals surface area (Å²) in [5, 5.41) is 24.4. The lowest BCUT2D eigenvalue weighted by Crippen LogP contribution is -2.33. The highest BCUT2D eigenvalue weighted by molar-refractivity contribution is 6.30. The standard InChI is InChI=1S/C19H19ClN2O2/c20-16-5-6-17-15(12-16)4-3-14-2-1-9-22(24)19(14)18(17)13-7-10-21(23)11-8-13/h1-2,5-6,9,12,23H,3-4,7-8,10-11H2. The third-order valence-corrected chi connectivity index (χ3v) is 5.21. The largest absolute Gasteiger partial charge is 0.618 e. The van der Waals surface area contributed by atoms with Gasteiger partial charge in [0.05, 0.1) is 5.57 Å². The molecule has 4 rings (SSSR count). The zero-order chi connectivity index (χ0) is 16.7. The first-order valence-corrected chi connectivity index (χ1v) is 8.67. The van der Waals surface area contributed by atoms with Crippen LogP contribution in [-0.4, -0.2) is 23.4 Å². The normalized spacial score (nSPS) is 18.1. The Balaban J connectivity index is 1.98. The molecule has 5 heteroatoms. The van der Waals surface area contributed by atoms with E-state index in [0.717, 1.165) is 57.8 Å². The Hall–Kier alpha value is -1.88. The van der Waals surface area contributed by atoms with Crippen molar-refractivity contribution in [1.29, 1.82) is 0 Å². The molecule has 2 heterocycles. The van der Waals surface area contributed by atoms with E-state index >= 15 is 0 Å². The summed E-state index contributed by atoms with van der Waals surface area (Å²) < 4.78 is 0.993. The van der Waals surface area contributed by atoms with E-state index in [1.54, 1.807) is 6.20 Å². The van der Waals surface area contributed by atoms with E-state index in [1.165, 1.54) is 16.2 Å². The lowest BCUT2D eigenvalue weighted by atomic mass is 9.89. The second kappa shape index (κ2) is 6.20. The molecule has 1 aromatic carbocycles. The molecule has 0 radical (unpaired) electrons. The van der Waals surface area contributed by atoms with Crippen LogP contribution >= 0.6 is 11.6 Å². The molecule has 0 saturated carbocycles. The van der Waals surface area contributed by atoms with Crippen molar-refractivity contribution >= 4 is 17.2 Å². The van der Waals surface area contributed by atoms with Crippen molar-refractivity contribution in [2.45, 2.75) is 25.7 Å². The van der Waals surface area contributed by atoms with Crippen molar-refractivity contribution in [2.75, 3.05) is 13.1 Å². The number of pyridine rings is 1. The third kappa shape index (κ3) is 2.71. The van der Waals surface area contributed by atoms with Crippen LogP contribution in [0.15, 0.2) is 42.1 Å². The van der Waals surface area contributed by atoms with Gasteiger partial charge in [0.25, 0.3) is 0 Å². The molecule has 1 aromatic heterocycles. The van der Waals surface area contributed by atoms with E-state index in [9.17, 15) is 10.4 Å². The van der Waals surface area contributed by atoms with Crippen LogP contribution in [0.5, 0.6) is 0 Å². The van der Waals surface area contributed by atoms with Gasteiger partial charge >= 0.3 is 0 Å². The van der Waals surface area contributed by atoms with E-state index < -0.39 is 0 Å². The highest BCUT2D eigenvalue weighted by Crippen LogP contribution is 2.37. The van der Waals surface area contributed by atoms with E-state index in [1.807, 2.05) is 30.3 Å². The van der Waals surface area contributed by atoms with Crippen molar-refractivity contribution in [3.05, 3.63) is 74.7 Å². The van der Waals surface area contributed by atoms with E-state index in [2.05, 4.69) is 0 Å². The summed E-state index contributed by atoms with van der Waals surface area (Å²) in [5.74, 6) is 0. The summed E-state index contributed by atoms with van der Waals surface area (Å²) >= 11 is 6.20. The number of hydrogen-bond donors (Lipinski definition) is 1. The minimum atomic E-state index is 0.600. The van der Waals surface area contributed by atoms with Gasteiger partial charge in [0, 0.05) is 29.7 Å². The van der Waals surface area contributed by atoms with Crippen LogP contribution in [0, 0.1) is 5.21 Å². The highest BCUT2D eigenvalue weighted by atomic mass is 35.5. The molecule has 0 spiro atoms. The van der Waals surface area contributed by atoms with Gasteiger partial charge in [-0.3, -0.25) is 0 Å². The second-order valence-electron chi connectivity index (χ2n) is 6.44. The lowest BCUT2D eigenvalue weighted by Gasteiger charge is -2.25. The fourth-order valence-electron chi connectivity index (χ4n) is 3.79. The topological polar surface area (TPSA) is 50.4 Å². The third-order valence-electron chi connectivity index (χ3n) is 4.98. The number of benzene rings is 1. The smallest absolute Gasteiger partial charge is 0.227 e. The number of rotatable bonds is 0. The molecule has 0 bridgehead atoms. The average Bonchev–Trinajstić information content (AvgIpc) is 2.73. The molecular formula is C19H19ClN2O2. The van der Waals surface area contributed by atoms with Crippen LogP contribution < -0.4 is 4.73 Å². The molecule has 24 heavy (non-hydrogen) atoms. The molecule has 1 aliphatic heterocycles. The number of aryl methyl sites for hydroxylation is 2. The molecule has 1 saturated heterocycles. The summed E-state index contributed by atoms with van der Waals surface area (Å²) in [5.41, 5.74) is 6.41. The van der Waals surface area contributed by atoms with Crippen LogP contribution in [0.4, 0.5) is 0 Å². The SMILES string of the molecule is [O-][n+]1cccc2c1C(=C1CCN(O)CC1)c1ccc(Cl)cc1CC2. The van der Waals surface area contributed by atoms with Crippen LogP contribution in [0.1, 0.15) is 35.2 Å². The molecule has 0 unspecified atom stereocenters. The Morgan fingerprint density at radius 3 is 2.58 bits per heavy atom. The summed E-state index contributed by atoms with van der Waals surface area (Å²) in [6, 6.07) is 9.80. The summed E-state index contributed by atoms with van der Waals surface area (Å²) in [6.07, 6.45) is 4.80. The van der Waals surface area contributed by atoms with Gasteiger partial charge in [-0.1, -0.05) is 23.2 Å². The average molecular weight is 343 g/mol. The first-order valence-electron chi connectivity index (χ1n) is 8.29. The Labute approximate surface area is 146 Å². The minimum Gasteiger partial charge on any atom is -0.618 e. The summed E-state index contributed by atoms with van der Waals surface area (Å²) in [7, 11) is 0. The number of fused-ring (bicyclic) bond motifs is 2. The fraction of sp³-hybridized carbons (Fsp3) is 0.316. The van der Waals surface area contributed by atoms with Gasteiger partial charge in [-0.25, -0.2) is 0 Å². The van der Waals surface area contributed by atoms with Gasteiger partial charge in [0.15, 0.2) is 6.20 Å². The molecule has 1 fully saturated rings. The Bertz CT molecular complexity index is 822. The van der Waals surface area contributed by atoms with Crippen molar-refractivity contribution in [2.24, 2.45) is 0 Å². The quantitative estimate of drug-likeness (QED) is 0.590. The maximum Gasteiger partial charge on any atom is 0.227 e. The van der Waals surface area contributed by atoms with Crippen molar-refractivity contribution in [3.63, 3.8) is 0 Å². The monoisotopic (exact) mass is 342 g/mol. The summed E-state index contributed by atoms with van der Waals surface area (Å²) in [6.45, 7) is 1.20. The van der Waals surface area contributed by atoms with Gasteiger partial charge in [0.1, 0.15) is 0 Å². The number of piperidine rings is 1.